The minimum absolute atomic E-state index is 0.0113. The summed E-state index contributed by atoms with van der Waals surface area (Å²) < 4.78 is 0. The van der Waals surface area contributed by atoms with Gasteiger partial charge in [0, 0.05) is 5.41 Å². The molecule has 88 valence electrons. The number of nitrogens with one attached hydrogen (secondary N) is 1. The van der Waals surface area contributed by atoms with E-state index in [1.54, 1.807) is 13.8 Å². The predicted octanol–water partition coefficient (Wildman–Crippen LogP) is 1.06. The van der Waals surface area contributed by atoms with Crippen molar-refractivity contribution in [2.75, 3.05) is 0 Å². The van der Waals surface area contributed by atoms with Crippen LogP contribution in [-0.4, -0.2) is 22.5 Å². The van der Waals surface area contributed by atoms with E-state index in [1.807, 2.05) is 20.8 Å². The number of nitrogens with zero attached hydrogens (tertiary/aromatic N) is 1. The van der Waals surface area contributed by atoms with E-state index in [1.165, 1.54) is 0 Å². The van der Waals surface area contributed by atoms with Crippen LogP contribution in [0.2, 0.25) is 0 Å². The summed E-state index contributed by atoms with van der Waals surface area (Å²) in [5.74, 6) is -0.121. The summed E-state index contributed by atoms with van der Waals surface area (Å²) in [6.07, 6.45) is 0.727. The zero-order valence-corrected chi connectivity index (χ0v) is 10.1. The second-order valence-corrected chi connectivity index (χ2v) is 4.80. The number of hydrogen-bond donors (Lipinski definition) is 3. The average Bonchev–Trinajstić information content (AvgIpc) is 2.15. The number of hydrogen-bond acceptors (Lipinski definition) is 3. The molecular weight excluding hydrogens is 194 g/mol. The van der Waals surface area contributed by atoms with Gasteiger partial charge in [-0.25, -0.2) is 0 Å². The molecule has 0 unspecified atom stereocenters. The van der Waals surface area contributed by atoms with Crippen LogP contribution >= 0.6 is 0 Å². The fraction of sp³-hybridized carbons (Fsp3) is 0.800. The van der Waals surface area contributed by atoms with Crippen LogP contribution in [0.5, 0.6) is 0 Å². The largest absolute Gasteiger partial charge is 0.409 e. The fourth-order valence-corrected chi connectivity index (χ4v) is 0.803. The molecule has 0 aromatic carbocycles. The number of rotatable bonds is 4. The first-order valence-electron chi connectivity index (χ1n) is 4.98. The summed E-state index contributed by atoms with van der Waals surface area (Å²) in [4.78, 5) is 11.8. The number of carbonyl (C=O) groups is 1. The molecule has 0 atom stereocenters. The smallest absolute Gasteiger partial charge is 0.226 e. The summed E-state index contributed by atoms with van der Waals surface area (Å²) >= 11 is 0. The van der Waals surface area contributed by atoms with Gasteiger partial charge in [0.25, 0.3) is 0 Å². The molecule has 0 aliphatic rings. The van der Waals surface area contributed by atoms with Gasteiger partial charge in [0.2, 0.25) is 5.91 Å². The number of amidine groups is 1. The molecule has 5 heteroatoms. The molecule has 0 spiro atoms. The van der Waals surface area contributed by atoms with E-state index in [-0.39, 0.29) is 11.7 Å². The van der Waals surface area contributed by atoms with E-state index in [9.17, 15) is 4.79 Å². The second-order valence-electron chi connectivity index (χ2n) is 4.80. The van der Waals surface area contributed by atoms with E-state index < -0.39 is 11.0 Å². The normalized spacial score (nSPS) is 13.8. The average molecular weight is 215 g/mol. The molecule has 0 saturated heterocycles. The summed E-state index contributed by atoms with van der Waals surface area (Å²) in [5, 5.41) is 14.2. The van der Waals surface area contributed by atoms with Crippen LogP contribution in [0.4, 0.5) is 0 Å². The highest BCUT2D eigenvalue weighted by Crippen LogP contribution is 2.20. The Morgan fingerprint density at radius 1 is 1.40 bits per heavy atom. The van der Waals surface area contributed by atoms with Gasteiger partial charge in [-0.05, 0) is 20.3 Å². The lowest BCUT2D eigenvalue weighted by molar-refractivity contribution is -0.130. The highest BCUT2D eigenvalue weighted by atomic mass is 16.4. The second kappa shape index (κ2) is 4.51. The van der Waals surface area contributed by atoms with Crippen LogP contribution in [-0.2, 0) is 4.79 Å². The molecule has 0 heterocycles. The Balaban J connectivity index is 4.69. The van der Waals surface area contributed by atoms with E-state index in [2.05, 4.69) is 10.5 Å². The highest BCUT2D eigenvalue weighted by Gasteiger charge is 2.32. The van der Waals surface area contributed by atoms with Crippen molar-refractivity contribution in [3.8, 4) is 0 Å². The van der Waals surface area contributed by atoms with Gasteiger partial charge in [0.15, 0.2) is 5.84 Å². The molecule has 15 heavy (non-hydrogen) atoms. The van der Waals surface area contributed by atoms with Crippen LogP contribution in [0.25, 0.3) is 0 Å². The lowest BCUT2D eigenvalue weighted by Crippen LogP contribution is -2.56. The third-order valence-electron chi connectivity index (χ3n) is 2.67. The van der Waals surface area contributed by atoms with Gasteiger partial charge in [0.05, 0.1) is 5.54 Å². The maximum Gasteiger partial charge on any atom is 0.226 e. The molecular formula is C10H21N3O2. The number of amides is 1. The Hall–Kier alpha value is -1.26. The third-order valence-corrected chi connectivity index (χ3v) is 2.67. The Kier molecular flexibility index (Phi) is 4.13. The van der Waals surface area contributed by atoms with E-state index in [0.717, 1.165) is 6.42 Å². The van der Waals surface area contributed by atoms with Gasteiger partial charge in [0.1, 0.15) is 0 Å². The maximum atomic E-state index is 11.8. The summed E-state index contributed by atoms with van der Waals surface area (Å²) in [6, 6.07) is 0. The van der Waals surface area contributed by atoms with Crippen LogP contribution < -0.4 is 11.1 Å². The monoisotopic (exact) mass is 215 g/mol. The molecule has 0 aliphatic heterocycles. The zero-order chi connectivity index (χ0) is 12.3. The lowest BCUT2D eigenvalue weighted by atomic mass is 9.88. The molecule has 0 rings (SSSR count). The molecule has 4 N–H and O–H groups in total. The molecule has 0 bridgehead atoms. The van der Waals surface area contributed by atoms with Crippen molar-refractivity contribution in [2.45, 2.75) is 46.6 Å². The lowest BCUT2D eigenvalue weighted by Gasteiger charge is -2.30. The van der Waals surface area contributed by atoms with Crippen LogP contribution in [0.1, 0.15) is 41.0 Å². The van der Waals surface area contributed by atoms with E-state index in [0.29, 0.717) is 0 Å². The van der Waals surface area contributed by atoms with Gasteiger partial charge >= 0.3 is 0 Å². The first-order chi connectivity index (χ1) is 6.67. The van der Waals surface area contributed by atoms with Crippen LogP contribution in [0.3, 0.4) is 0 Å². The van der Waals surface area contributed by atoms with Crippen molar-refractivity contribution in [1.29, 1.82) is 0 Å². The number of carbonyl (C=O) groups excluding carboxylic acids is 1. The number of nitrogens with two attached hydrogens (primary N) is 1. The summed E-state index contributed by atoms with van der Waals surface area (Å²) in [7, 11) is 0. The SMILES string of the molecule is CCC(C)(C)C(=O)NC(C)(C)C(N)=NO. The third kappa shape index (κ3) is 3.42. The Morgan fingerprint density at radius 2 is 1.87 bits per heavy atom. The standard InChI is InChI=1S/C10H21N3O2/c1-6-9(2,3)8(14)12-10(4,5)7(11)13-15/h15H,6H2,1-5H3,(H2,11,13)(H,12,14). The summed E-state index contributed by atoms with van der Waals surface area (Å²) in [5.41, 5.74) is 4.18. The maximum absolute atomic E-state index is 11.8. The highest BCUT2D eigenvalue weighted by molar-refractivity contribution is 5.94. The Bertz CT molecular complexity index is 270. The van der Waals surface area contributed by atoms with Gasteiger partial charge in [-0.1, -0.05) is 25.9 Å². The first kappa shape index (κ1) is 13.7. The molecule has 1 amide bonds. The molecule has 0 aromatic rings. The van der Waals surface area contributed by atoms with Crippen molar-refractivity contribution in [3.63, 3.8) is 0 Å². The van der Waals surface area contributed by atoms with Gasteiger partial charge < -0.3 is 16.3 Å². The molecule has 0 aromatic heterocycles. The summed E-state index contributed by atoms with van der Waals surface area (Å²) in [6.45, 7) is 9.02. The van der Waals surface area contributed by atoms with Crippen molar-refractivity contribution >= 4 is 11.7 Å². The Labute approximate surface area is 90.7 Å². The van der Waals surface area contributed by atoms with Gasteiger partial charge in [-0.15, -0.1) is 0 Å². The topological polar surface area (TPSA) is 87.7 Å². The molecule has 0 fully saturated rings. The van der Waals surface area contributed by atoms with E-state index >= 15 is 0 Å². The fourth-order valence-electron chi connectivity index (χ4n) is 0.803. The van der Waals surface area contributed by atoms with Crippen molar-refractivity contribution in [2.24, 2.45) is 16.3 Å². The quantitative estimate of drug-likeness (QED) is 0.283. The van der Waals surface area contributed by atoms with Crippen LogP contribution in [0.15, 0.2) is 5.16 Å². The molecule has 0 saturated carbocycles. The molecule has 0 radical (unpaired) electrons. The van der Waals surface area contributed by atoms with Gasteiger partial charge in [-0.3, -0.25) is 4.79 Å². The molecule has 5 nitrogen and oxygen atoms in total. The van der Waals surface area contributed by atoms with Crippen molar-refractivity contribution < 1.29 is 10.0 Å². The molecule has 0 aliphatic carbocycles. The Morgan fingerprint density at radius 3 is 2.20 bits per heavy atom. The van der Waals surface area contributed by atoms with Crippen LogP contribution in [0, 0.1) is 5.41 Å². The van der Waals surface area contributed by atoms with E-state index in [4.69, 9.17) is 10.9 Å². The minimum Gasteiger partial charge on any atom is -0.409 e. The minimum atomic E-state index is -0.835. The van der Waals surface area contributed by atoms with Gasteiger partial charge in [-0.2, -0.15) is 0 Å². The van der Waals surface area contributed by atoms with Crippen molar-refractivity contribution in [1.82, 2.24) is 5.32 Å². The first-order valence-corrected chi connectivity index (χ1v) is 4.98. The predicted molar refractivity (Wildman–Crippen MR) is 59.7 cm³/mol. The number of oxime groups is 1. The van der Waals surface area contributed by atoms with Crippen molar-refractivity contribution in [3.05, 3.63) is 0 Å². The zero-order valence-electron chi connectivity index (χ0n) is 10.1.